The summed E-state index contributed by atoms with van der Waals surface area (Å²) in [6, 6.07) is 27.6. The lowest BCUT2D eigenvalue weighted by Crippen LogP contribution is -2.35. The highest BCUT2D eigenvalue weighted by Crippen LogP contribution is 2.10. The molecule has 0 fully saturated rings. The zero-order valence-corrected chi connectivity index (χ0v) is 14.9. The topological polar surface area (TPSA) is 46.2 Å². The summed E-state index contributed by atoms with van der Waals surface area (Å²) in [5, 5.41) is 2.96. The van der Waals surface area contributed by atoms with Crippen molar-refractivity contribution < 1.29 is 9.59 Å². The van der Waals surface area contributed by atoms with Crippen molar-refractivity contribution in [3.05, 3.63) is 114 Å². The summed E-state index contributed by atoms with van der Waals surface area (Å²) in [5.74, 6) is -0.203. The first-order chi connectivity index (χ1) is 13.2. The van der Waals surface area contributed by atoms with Crippen LogP contribution in [0.2, 0.25) is 0 Å². The lowest BCUT2D eigenvalue weighted by molar-refractivity contribution is 0.0925. The Balaban J connectivity index is 1.76. The molecule has 1 amide bonds. The molecule has 0 heterocycles. The Bertz CT molecular complexity index is 849. The van der Waals surface area contributed by atoms with Crippen molar-refractivity contribution in [2.75, 3.05) is 0 Å². The van der Waals surface area contributed by atoms with Crippen LogP contribution in [0.5, 0.6) is 0 Å². The largest absolute Gasteiger partial charge is 0.345 e. The molecule has 3 heteroatoms. The monoisotopic (exact) mass is 355 g/mol. The Hall–Kier alpha value is -3.46. The van der Waals surface area contributed by atoms with E-state index in [1.54, 1.807) is 24.3 Å². The Labute approximate surface area is 159 Å². The fourth-order valence-corrected chi connectivity index (χ4v) is 2.74. The number of carbonyl (C=O) groups is 2. The van der Waals surface area contributed by atoms with Gasteiger partial charge in [-0.15, -0.1) is 0 Å². The van der Waals surface area contributed by atoms with Gasteiger partial charge in [-0.2, -0.15) is 0 Å². The normalized spacial score (nSPS) is 11.9. The van der Waals surface area contributed by atoms with Crippen LogP contribution in [-0.4, -0.2) is 17.7 Å². The van der Waals surface area contributed by atoms with Gasteiger partial charge < -0.3 is 5.32 Å². The van der Waals surface area contributed by atoms with Crippen molar-refractivity contribution in [1.82, 2.24) is 5.32 Å². The summed E-state index contributed by atoms with van der Waals surface area (Å²) in [7, 11) is 0. The molecule has 0 unspecified atom stereocenters. The van der Waals surface area contributed by atoms with Crippen molar-refractivity contribution in [3.63, 3.8) is 0 Å². The Morgan fingerprint density at radius 2 is 1.26 bits per heavy atom. The molecule has 0 aliphatic heterocycles. The van der Waals surface area contributed by atoms with Crippen LogP contribution < -0.4 is 5.32 Å². The summed E-state index contributed by atoms with van der Waals surface area (Å²) < 4.78 is 0. The van der Waals surface area contributed by atoms with Gasteiger partial charge in [-0.05, 0) is 17.7 Å². The van der Waals surface area contributed by atoms with Gasteiger partial charge in [0.2, 0.25) is 0 Å². The number of carbonyl (C=O) groups excluding carboxylic acids is 2. The van der Waals surface area contributed by atoms with E-state index in [4.69, 9.17) is 0 Å². The molecular formula is C24H21NO2. The second-order valence-electron chi connectivity index (χ2n) is 6.21. The molecule has 0 bridgehead atoms. The van der Waals surface area contributed by atoms with E-state index >= 15 is 0 Å². The number of Topliss-reactive ketones (excluding diaryl/α,β-unsaturated/α-hetero) is 1. The number of amides is 1. The van der Waals surface area contributed by atoms with Crippen LogP contribution in [0.15, 0.2) is 97.1 Å². The summed E-state index contributed by atoms with van der Waals surface area (Å²) >= 11 is 0. The summed E-state index contributed by atoms with van der Waals surface area (Å²) in [6.45, 7) is 0. The van der Waals surface area contributed by atoms with Gasteiger partial charge in [-0.1, -0.05) is 91.0 Å². The molecule has 0 saturated carbocycles. The summed E-state index contributed by atoms with van der Waals surface area (Å²) in [4.78, 5) is 25.1. The number of ketones is 1. The molecule has 0 aromatic heterocycles. The summed E-state index contributed by atoms with van der Waals surface area (Å²) in [5.41, 5.74) is 2.23. The highest BCUT2D eigenvalue weighted by atomic mass is 16.2. The van der Waals surface area contributed by atoms with Crippen molar-refractivity contribution in [1.29, 1.82) is 0 Å². The van der Waals surface area contributed by atoms with Gasteiger partial charge in [-0.25, -0.2) is 0 Å². The maximum Gasteiger partial charge on any atom is 0.251 e. The minimum absolute atomic E-state index is 0.00771. The average Bonchev–Trinajstić information content (AvgIpc) is 2.74. The molecule has 1 atom stereocenters. The molecule has 3 aromatic carbocycles. The Kier molecular flexibility index (Phi) is 6.31. The molecule has 27 heavy (non-hydrogen) atoms. The van der Waals surface area contributed by atoms with E-state index < -0.39 is 6.04 Å². The highest BCUT2D eigenvalue weighted by molar-refractivity contribution is 5.98. The second kappa shape index (κ2) is 9.30. The third-order valence-corrected chi connectivity index (χ3v) is 4.17. The van der Waals surface area contributed by atoms with Gasteiger partial charge in [-0.3, -0.25) is 9.59 Å². The lowest BCUT2D eigenvalue weighted by atomic mass is 10.0. The minimum Gasteiger partial charge on any atom is -0.345 e. The summed E-state index contributed by atoms with van der Waals surface area (Å²) in [6.07, 6.45) is 4.00. The van der Waals surface area contributed by atoms with Gasteiger partial charge in [0.1, 0.15) is 0 Å². The predicted octanol–water partition coefficient (Wildman–Crippen LogP) is 4.77. The van der Waals surface area contributed by atoms with E-state index in [-0.39, 0.29) is 18.1 Å². The first kappa shape index (κ1) is 18.3. The van der Waals surface area contributed by atoms with Crippen molar-refractivity contribution in [2.24, 2.45) is 0 Å². The number of rotatable bonds is 7. The van der Waals surface area contributed by atoms with Crippen molar-refractivity contribution in [2.45, 2.75) is 12.5 Å². The van der Waals surface area contributed by atoms with Crippen LogP contribution in [-0.2, 0) is 0 Å². The first-order valence-corrected chi connectivity index (χ1v) is 8.90. The van der Waals surface area contributed by atoms with E-state index in [2.05, 4.69) is 5.32 Å². The fraction of sp³-hybridized carbons (Fsp3) is 0.0833. The van der Waals surface area contributed by atoms with E-state index in [1.807, 2.05) is 78.9 Å². The third kappa shape index (κ3) is 5.51. The van der Waals surface area contributed by atoms with Gasteiger partial charge in [0.25, 0.3) is 5.91 Å². The molecule has 3 nitrogen and oxygen atoms in total. The molecule has 0 aliphatic carbocycles. The minimum atomic E-state index is -0.398. The number of benzene rings is 3. The second-order valence-corrected chi connectivity index (χ2v) is 6.21. The molecule has 1 N–H and O–H groups in total. The Morgan fingerprint density at radius 1 is 0.741 bits per heavy atom. The first-order valence-electron chi connectivity index (χ1n) is 8.90. The highest BCUT2D eigenvalue weighted by Gasteiger charge is 2.16. The molecular weight excluding hydrogens is 334 g/mol. The molecule has 0 radical (unpaired) electrons. The number of hydrogen-bond acceptors (Lipinski definition) is 2. The van der Waals surface area contributed by atoms with E-state index in [1.165, 1.54) is 0 Å². The van der Waals surface area contributed by atoms with Crippen LogP contribution >= 0.6 is 0 Å². The average molecular weight is 355 g/mol. The smallest absolute Gasteiger partial charge is 0.251 e. The van der Waals surface area contributed by atoms with Crippen LogP contribution in [0, 0.1) is 0 Å². The molecule has 134 valence electrons. The molecule has 0 saturated heterocycles. The van der Waals surface area contributed by atoms with Crippen LogP contribution in [0.4, 0.5) is 0 Å². The quantitative estimate of drug-likeness (QED) is 0.621. The van der Waals surface area contributed by atoms with Crippen molar-refractivity contribution >= 4 is 17.8 Å². The Morgan fingerprint density at radius 3 is 1.85 bits per heavy atom. The van der Waals surface area contributed by atoms with Gasteiger partial charge in [0.05, 0.1) is 6.04 Å². The van der Waals surface area contributed by atoms with Gasteiger partial charge in [0.15, 0.2) is 5.78 Å². The van der Waals surface area contributed by atoms with Crippen molar-refractivity contribution in [3.8, 4) is 0 Å². The van der Waals surface area contributed by atoms with Gasteiger partial charge >= 0.3 is 0 Å². The maximum atomic E-state index is 12.6. The molecule has 3 aromatic rings. The SMILES string of the molecule is O=C(C[C@@H](/C=C/c1ccccc1)NC(=O)c1ccccc1)c1ccccc1. The van der Waals surface area contributed by atoms with Gasteiger partial charge in [0, 0.05) is 17.5 Å². The maximum absolute atomic E-state index is 12.6. The van der Waals surface area contributed by atoms with E-state index in [0.717, 1.165) is 5.56 Å². The van der Waals surface area contributed by atoms with E-state index in [9.17, 15) is 9.59 Å². The number of hydrogen-bond donors (Lipinski definition) is 1. The zero-order chi connectivity index (χ0) is 18.9. The third-order valence-electron chi connectivity index (χ3n) is 4.17. The van der Waals surface area contributed by atoms with Crippen LogP contribution in [0.3, 0.4) is 0 Å². The van der Waals surface area contributed by atoms with E-state index in [0.29, 0.717) is 11.1 Å². The zero-order valence-electron chi connectivity index (χ0n) is 14.9. The molecule has 0 spiro atoms. The predicted molar refractivity (Wildman–Crippen MR) is 109 cm³/mol. The fourth-order valence-electron chi connectivity index (χ4n) is 2.74. The van der Waals surface area contributed by atoms with Crippen LogP contribution in [0.1, 0.15) is 32.7 Å². The molecule has 0 aliphatic rings. The number of nitrogens with one attached hydrogen (secondary N) is 1. The lowest BCUT2D eigenvalue weighted by Gasteiger charge is -2.15. The van der Waals surface area contributed by atoms with Crippen LogP contribution in [0.25, 0.3) is 6.08 Å². The standard InChI is InChI=1S/C24H21NO2/c26-23(20-12-6-2-7-13-20)18-22(17-16-19-10-4-1-5-11-19)25-24(27)21-14-8-3-9-15-21/h1-17,22H,18H2,(H,25,27)/b17-16+/t22-/m1/s1. The molecule has 3 rings (SSSR count).